The van der Waals surface area contributed by atoms with E-state index in [1.165, 1.54) is 19.3 Å². The van der Waals surface area contributed by atoms with Gasteiger partial charge in [0.2, 0.25) is 0 Å². The minimum absolute atomic E-state index is 0.00524. The van der Waals surface area contributed by atoms with Crippen LogP contribution in [-0.4, -0.2) is 40.3 Å². The Labute approximate surface area is 196 Å². The standard InChI is InChI=1S/C27H48O5/c1-4-5-6-9-12-15-22(28)18-19-24-23(25(29)20-26(24)30)16-13-10-7-8-11-14-17-27(31)32-21(2)3/h10,13,21,23-26,29-30H,4-9,11-12,14-20H2,1-3H3/b13-10-/t23-,24-,25+,26-/m1/s1. The number of unbranched alkanes of at least 4 members (excludes halogenated alkanes) is 7. The number of carbonyl (C=O) groups is 2. The van der Waals surface area contributed by atoms with E-state index in [1.807, 2.05) is 13.8 Å². The smallest absolute Gasteiger partial charge is 0.306 e. The summed E-state index contributed by atoms with van der Waals surface area (Å²) >= 11 is 0. The van der Waals surface area contributed by atoms with E-state index >= 15 is 0 Å². The van der Waals surface area contributed by atoms with Crippen LogP contribution in [0.3, 0.4) is 0 Å². The van der Waals surface area contributed by atoms with Gasteiger partial charge in [0.15, 0.2) is 0 Å². The first kappa shape index (κ1) is 28.8. The maximum absolute atomic E-state index is 12.2. The molecule has 1 aliphatic carbocycles. The highest BCUT2D eigenvalue weighted by molar-refractivity contribution is 5.78. The summed E-state index contributed by atoms with van der Waals surface area (Å²) in [4.78, 5) is 23.7. The van der Waals surface area contributed by atoms with Gasteiger partial charge in [-0.2, -0.15) is 0 Å². The highest BCUT2D eigenvalue weighted by Gasteiger charge is 2.40. The van der Waals surface area contributed by atoms with E-state index in [2.05, 4.69) is 19.1 Å². The maximum Gasteiger partial charge on any atom is 0.306 e. The predicted molar refractivity (Wildman–Crippen MR) is 129 cm³/mol. The van der Waals surface area contributed by atoms with E-state index in [4.69, 9.17) is 4.74 Å². The average molecular weight is 453 g/mol. The largest absolute Gasteiger partial charge is 0.463 e. The summed E-state index contributed by atoms with van der Waals surface area (Å²) in [6, 6.07) is 0. The molecule has 5 heteroatoms. The summed E-state index contributed by atoms with van der Waals surface area (Å²) in [5, 5.41) is 20.8. The zero-order chi connectivity index (χ0) is 23.8. The van der Waals surface area contributed by atoms with Crippen LogP contribution >= 0.6 is 0 Å². The van der Waals surface area contributed by atoms with Crippen molar-refractivity contribution in [2.75, 3.05) is 0 Å². The number of hydrogen-bond acceptors (Lipinski definition) is 5. The van der Waals surface area contributed by atoms with Gasteiger partial charge in [0.1, 0.15) is 5.78 Å². The molecule has 0 bridgehead atoms. The third kappa shape index (κ3) is 12.7. The van der Waals surface area contributed by atoms with Crippen molar-refractivity contribution in [1.29, 1.82) is 0 Å². The van der Waals surface area contributed by atoms with Gasteiger partial charge in [-0.25, -0.2) is 0 Å². The van der Waals surface area contributed by atoms with Crippen molar-refractivity contribution < 1.29 is 24.5 Å². The van der Waals surface area contributed by atoms with E-state index in [1.54, 1.807) is 0 Å². The molecule has 5 nitrogen and oxygen atoms in total. The molecular formula is C27H48O5. The summed E-state index contributed by atoms with van der Waals surface area (Å²) in [7, 11) is 0. The van der Waals surface area contributed by atoms with E-state index in [0.29, 0.717) is 37.9 Å². The third-order valence-electron chi connectivity index (χ3n) is 6.53. The number of esters is 1. The highest BCUT2D eigenvalue weighted by Crippen LogP contribution is 2.38. The normalized spacial score (nSPS) is 23.3. The van der Waals surface area contributed by atoms with Gasteiger partial charge in [-0.15, -0.1) is 0 Å². The minimum Gasteiger partial charge on any atom is -0.463 e. The van der Waals surface area contributed by atoms with Crippen molar-refractivity contribution >= 4 is 11.8 Å². The van der Waals surface area contributed by atoms with Crippen LogP contribution in [0, 0.1) is 11.8 Å². The molecule has 0 unspecified atom stereocenters. The molecule has 186 valence electrons. The number of hydrogen-bond donors (Lipinski definition) is 2. The first-order valence-electron chi connectivity index (χ1n) is 13.1. The minimum atomic E-state index is -0.508. The molecular weight excluding hydrogens is 404 g/mol. The van der Waals surface area contributed by atoms with Crippen LogP contribution in [0.1, 0.15) is 117 Å². The van der Waals surface area contributed by atoms with Crippen LogP contribution in [0.4, 0.5) is 0 Å². The van der Waals surface area contributed by atoms with Gasteiger partial charge >= 0.3 is 5.97 Å². The Morgan fingerprint density at radius 2 is 1.53 bits per heavy atom. The molecule has 2 N–H and O–H groups in total. The van der Waals surface area contributed by atoms with Crippen molar-refractivity contribution in [2.45, 2.75) is 135 Å². The Morgan fingerprint density at radius 1 is 0.875 bits per heavy atom. The second kappa shape index (κ2) is 17.3. The van der Waals surface area contributed by atoms with E-state index in [0.717, 1.165) is 44.9 Å². The Hall–Kier alpha value is -1.20. The summed E-state index contributed by atoms with van der Waals surface area (Å²) in [6.45, 7) is 5.91. The fourth-order valence-electron chi connectivity index (χ4n) is 4.69. The van der Waals surface area contributed by atoms with Gasteiger partial charge in [-0.1, -0.05) is 51.2 Å². The molecule has 0 aromatic carbocycles. The van der Waals surface area contributed by atoms with Gasteiger partial charge < -0.3 is 14.9 Å². The fourth-order valence-corrected chi connectivity index (χ4v) is 4.69. The highest BCUT2D eigenvalue weighted by atomic mass is 16.5. The molecule has 0 aromatic rings. The quantitative estimate of drug-likeness (QED) is 0.154. The van der Waals surface area contributed by atoms with E-state index < -0.39 is 12.2 Å². The topological polar surface area (TPSA) is 83.8 Å². The molecule has 0 heterocycles. The fraction of sp³-hybridized carbons (Fsp3) is 0.852. The van der Waals surface area contributed by atoms with Crippen LogP contribution in [0.15, 0.2) is 12.2 Å². The first-order valence-corrected chi connectivity index (χ1v) is 13.1. The predicted octanol–water partition coefficient (Wildman–Crippen LogP) is 5.90. The Bertz CT molecular complexity index is 542. The maximum atomic E-state index is 12.2. The molecule has 1 rings (SSSR count). The first-order chi connectivity index (χ1) is 15.3. The lowest BCUT2D eigenvalue weighted by molar-refractivity contribution is -0.147. The van der Waals surface area contributed by atoms with Crippen LogP contribution < -0.4 is 0 Å². The number of Topliss-reactive ketones (excluding diaryl/α,β-unsaturated/α-hetero) is 1. The number of aliphatic hydroxyl groups excluding tert-OH is 2. The molecule has 0 aliphatic heterocycles. The third-order valence-corrected chi connectivity index (χ3v) is 6.53. The van der Waals surface area contributed by atoms with Crippen molar-refractivity contribution in [1.82, 2.24) is 0 Å². The molecule has 1 fully saturated rings. The molecule has 1 saturated carbocycles. The number of ether oxygens (including phenoxy) is 1. The van der Waals surface area contributed by atoms with Gasteiger partial charge in [-0.05, 0) is 70.6 Å². The lowest BCUT2D eigenvalue weighted by Gasteiger charge is -2.22. The van der Waals surface area contributed by atoms with Gasteiger partial charge in [0, 0.05) is 19.3 Å². The van der Waals surface area contributed by atoms with E-state index in [9.17, 15) is 19.8 Å². The number of allylic oxidation sites excluding steroid dienone is 2. The van der Waals surface area contributed by atoms with Crippen molar-refractivity contribution in [3.8, 4) is 0 Å². The van der Waals surface area contributed by atoms with Crippen molar-refractivity contribution in [3.63, 3.8) is 0 Å². The summed E-state index contributed by atoms with van der Waals surface area (Å²) in [6.07, 6.45) is 16.3. The zero-order valence-corrected chi connectivity index (χ0v) is 20.8. The van der Waals surface area contributed by atoms with Gasteiger partial charge in [-0.3, -0.25) is 9.59 Å². The lowest BCUT2D eigenvalue weighted by atomic mass is 9.86. The molecule has 4 atom stereocenters. The summed E-state index contributed by atoms with van der Waals surface area (Å²) < 4.78 is 5.13. The van der Waals surface area contributed by atoms with Crippen LogP contribution in [0.25, 0.3) is 0 Å². The van der Waals surface area contributed by atoms with Crippen molar-refractivity contribution in [2.24, 2.45) is 11.8 Å². The van der Waals surface area contributed by atoms with Gasteiger partial charge in [0.25, 0.3) is 0 Å². The number of rotatable bonds is 18. The van der Waals surface area contributed by atoms with Crippen LogP contribution in [0.2, 0.25) is 0 Å². The SMILES string of the molecule is CCCCCCCC(=O)CC[C@@H]1[C@@H](C/C=C\CCCCCC(=O)OC(C)C)[C@@H](O)C[C@H]1O. The Balaban J connectivity index is 2.24. The molecule has 0 amide bonds. The molecule has 0 radical (unpaired) electrons. The monoisotopic (exact) mass is 452 g/mol. The number of carbonyl (C=O) groups excluding carboxylic acids is 2. The van der Waals surface area contributed by atoms with Gasteiger partial charge in [0.05, 0.1) is 18.3 Å². The molecule has 0 spiro atoms. The Kier molecular flexibility index (Phi) is 15.6. The summed E-state index contributed by atoms with van der Waals surface area (Å²) in [5.74, 6) is 0.210. The second-order valence-corrected chi connectivity index (χ2v) is 9.78. The zero-order valence-electron chi connectivity index (χ0n) is 20.8. The molecule has 0 aromatic heterocycles. The number of aliphatic hydroxyl groups is 2. The molecule has 0 saturated heterocycles. The van der Waals surface area contributed by atoms with E-state index in [-0.39, 0.29) is 23.9 Å². The average Bonchev–Trinajstić information content (AvgIpc) is 3.00. The van der Waals surface area contributed by atoms with Crippen molar-refractivity contribution in [3.05, 3.63) is 12.2 Å². The number of ketones is 1. The molecule has 32 heavy (non-hydrogen) atoms. The lowest BCUT2D eigenvalue weighted by Crippen LogP contribution is -2.22. The Morgan fingerprint density at radius 3 is 2.25 bits per heavy atom. The molecule has 1 aliphatic rings. The van der Waals surface area contributed by atoms with Crippen LogP contribution in [-0.2, 0) is 14.3 Å². The second-order valence-electron chi connectivity index (χ2n) is 9.78. The summed E-state index contributed by atoms with van der Waals surface area (Å²) in [5.41, 5.74) is 0. The van der Waals surface area contributed by atoms with Crippen LogP contribution in [0.5, 0.6) is 0 Å².